The van der Waals surface area contributed by atoms with E-state index in [1.807, 2.05) is 72.6 Å². The lowest BCUT2D eigenvalue weighted by atomic mass is 9.62. The topological polar surface area (TPSA) is 94.2 Å². The van der Waals surface area contributed by atoms with Crippen LogP contribution < -0.4 is 19.5 Å². The standard InChI is InChI=1S/C36H28N2O6/c1-2-42-27-14-8-5-11-24(27)33(40)30-31(32(39)22-15-16-28-29(19-22)44-20-43-28)38-18-17-21-9-3-4-10-23(21)34(38)36(30)25-12-6-7-13-26(25)37-35(36)41/h3-19,30-31,34H,2,20H2,1H3,(H,37,41)/t30-,31+,34+,36+/m0/s1. The number of hydrogen-bond donors (Lipinski definition) is 1. The summed E-state index contributed by atoms with van der Waals surface area (Å²) in [5.74, 6) is -0.612. The molecule has 4 atom stereocenters. The summed E-state index contributed by atoms with van der Waals surface area (Å²) in [6, 6.07) is 25.8. The second kappa shape index (κ2) is 9.84. The molecule has 1 spiro atoms. The number of ketones is 2. The molecule has 4 aliphatic heterocycles. The molecule has 1 saturated heterocycles. The van der Waals surface area contributed by atoms with Gasteiger partial charge in [0.25, 0.3) is 0 Å². The third-order valence-corrected chi connectivity index (χ3v) is 9.23. The summed E-state index contributed by atoms with van der Waals surface area (Å²) < 4.78 is 17.0. The quantitative estimate of drug-likeness (QED) is 0.287. The number of para-hydroxylation sites is 2. The van der Waals surface area contributed by atoms with Crippen LogP contribution in [0.25, 0.3) is 6.08 Å². The van der Waals surface area contributed by atoms with Gasteiger partial charge in [-0.05, 0) is 66.1 Å². The van der Waals surface area contributed by atoms with Crippen molar-refractivity contribution in [1.29, 1.82) is 0 Å². The van der Waals surface area contributed by atoms with Crippen LogP contribution in [0, 0.1) is 5.92 Å². The Balaban J connectivity index is 1.41. The smallest absolute Gasteiger partial charge is 0.238 e. The average molecular weight is 585 g/mol. The molecule has 0 saturated carbocycles. The summed E-state index contributed by atoms with van der Waals surface area (Å²) in [7, 11) is 0. The van der Waals surface area contributed by atoms with Gasteiger partial charge in [-0.15, -0.1) is 0 Å². The van der Waals surface area contributed by atoms with Crippen molar-refractivity contribution >= 4 is 29.2 Å². The Morgan fingerprint density at radius 1 is 0.932 bits per heavy atom. The Bertz CT molecular complexity index is 1900. The van der Waals surface area contributed by atoms with Crippen LogP contribution in [0.1, 0.15) is 50.4 Å². The van der Waals surface area contributed by atoms with Gasteiger partial charge >= 0.3 is 0 Å². The van der Waals surface area contributed by atoms with Crippen molar-refractivity contribution in [2.24, 2.45) is 5.92 Å². The maximum absolute atomic E-state index is 15.1. The number of carbonyl (C=O) groups excluding carboxylic acids is 3. The molecule has 4 aromatic rings. The van der Waals surface area contributed by atoms with E-state index in [0.29, 0.717) is 46.2 Å². The molecule has 1 N–H and O–H groups in total. The number of Topliss-reactive ketones (excluding diaryl/α,β-unsaturated/α-hetero) is 2. The van der Waals surface area contributed by atoms with Gasteiger partial charge in [0.05, 0.1) is 24.1 Å². The maximum atomic E-state index is 15.1. The number of carbonyl (C=O) groups is 3. The highest BCUT2D eigenvalue weighted by Gasteiger charge is 2.71. The van der Waals surface area contributed by atoms with Gasteiger partial charge in [-0.1, -0.05) is 54.6 Å². The molecular weight excluding hydrogens is 556 g/mol. The predicted molar refractivity (Wildman–Crippen MR) is 163 cm³/mol. The van der Waals surface area contributed by atoms with Gasteiger partial charge < -0.3 is 24.4 Å². The van der Waals surface area contributed by atoms with Gasteiger partial charge in [0.1, 0.15) is 17.2 Å². The summed E-state index contributed by atoms with van der Waals surface area (Å²) in [5, 5.41) is 3.08. The zero-order valence-corrected chi connectivity index (χ0v) is 23.9. The minimum Gasteiger partial charge on any atom is -0.493 e. The largest absolute Gasteiger partial charge is 0.493 e. The molecule has 4 heterocycles. The number of anilines is 1. The number of benzene rings is 4. The minimum absolute atomic E-state index is 0.0690. The number of nitrogens with zero attached hydrogens (tertiary/aromatic N) is 1. The molecule has 8 heteroatoms. The maximum Gasteiger partial charge on any atom is 0.238 e. The van der Waals surface area contributed by atoms with E-state index in [-0.39, 0.29) is 24.3 Å². The Morgan fingerprint density at radius 2 is 1.70 bits per heavy atom. The van der Waals surface area contributed by atoms with Gasteiger partial charge in [-0.3, -0.25) is 14.4 Å². The van der Waals surface area contributed by atoms with Gasteiger partial charge in [0, 0.05) is 17.5 Å². The number of rotatable bonds is 6. The Hall–Kier alpha value is -5.37. The zero-order chi connectivity index (χ0) is 30.0. The molecule has 0 radical (unpaired) electrons. The molecule has 4 aromatic carbocycles. The zero-order valence-electron chi connectivity index (χ0n) is 23.9. The van der Waals surface area contributed by atoms with Crippen molar-refractivity contribution in [2.45, 2.75) is 24.4 Å². The highest BCUT2D eigenvalue weighted by atomic mass is 16.7. The normalized spacial score (nSPS) is 23.6. The first-order valence-electron chi connectivity index (χ1n) is 14.7. The second-order valence-electron chi connectivity index (χ2n) is 11.3. The molecule has 1 fully saturated rings. The van der Waals surface area contributed by atoms with Crippen molar-refractivity contribution in [1.82, 2.24) is 4.90 Å². The lowest BCUT2D eigenvalue weighted by Crippen LogP contribution is -2.49. The van der Waals surface area contributed by atoms with E-state index >= 15 is 4.79 Å². The van der Waals surface area contributed by atoms with Crippen molar-refractivity contribution in [3.63, 3.8) is 0 Å². The molecule has 4 aliphatic rings. The minimum atomic E-state index is -1.43. The van der Waals surface area contributed by atoms with Crippen LogP contribution in [0.5, 0.6) is 17.2 Å². The third kappa shape index (κ3) is 3.54. The van der Waals surface area contributed by atoms with Crippen molar-refractivity contribution in [2.75, 3.05) is 18.7 Å². The third-order valence-electron chi connectivity index (χ3n) is 9.23. The van der Waals surface area contributed by atoms with Crippen molar-refractivity contribution in [3.05, 3.63) is 125 Å². The van der Waals surface area contributed by atoms with Crippen LogP contribution in [0.15, 0.2) is 97.2 Å². The molecule has 0 bridgehead atoms. The van der Waals surface area contributed by atoms with Crippen molar-refractivity contribution < 1.29 is 28.6 Å². The van der Waals surface area contributed by atoms with Crippen LogP contribution in [0.4, 0.5) is 5.69 Å². The molecule has 8 rings (SSSR count). The van der Waals surface area contributed by atoms with Crippen molar-refractivity contribution in [3.8, 4) is 17.2 Å². The summed E-state index contributed by atoms with van der Waals surface area (Å²) in [4.78, 5) is 46.5. The molecule has 8 nitrogen and oxygen atoms in total. The molecule has 218 valence electrons. The summed E-state index contributed by atoms with van der Waals surface area (Å²) >= 11 is 0. The molecular formula is C36H28N2O6. The molecule has 1 amide bonds. The predicted octanol–water partition coefficient (Wildman–Crippen LogP) is 5.80. The first kappa shape index (κ1) is 26.3. The lowest BCUT2D eigenvalue weighted by molar-refractivity contribution is -0.122. The average Bonchev–Trinajstić information content (AvgIpc) is 3.74. The molecule has 44 heavy (non-hydrogen) atoms. The SMILES string of the molecule is CCOc1ccccc1C(=O)[C@@H]1[C@H](C(=O)c2ccc3c(c2)OCO3)N2C=Cc3ccccc3[C@@H]2[C@]12C(=O)Nc1ccccc12. The van der Waals surface area contributed by atoms with Gasteiger partial charge in [0.15, 0.2) is 23.1 Å². The van der Waals surface area contributed by atoms with E-state index in [4.69, 9.17) is 14.2 Å². The van der Waals surface area contributed by atoms with E-state index in [1.54, 1.807) is 42.5 Å². The second-order valence-corrected chi connectivity index (χ2v) is 11.3. The highest BCUT2D eigenvalue weighted by Crippen LogP contribution is 2.62. The Labute approximate surface area is 253 Å². The highest BCUT2D eigenvalue weighted by molar-refractivity contribution is 6.17. The summed E-state index contributed by atoms with van der Waals surface area (Å²) in [5.41, 5.74) is 2.40. The van der Waals surface area contributed by atoms with Gasteiger partial charge in [-0.2, -0.15) is 0 Å². The first-order chi connectivity index (χ1) is 21.5. The van der Waals surface area contributed by atoms with Crippen LogP contribution in [-0.4, -0.2) is 41.8 Å². The fraction of sp³-hybridized carbons (Fsp3) is 0.194. The Kier molecular flexibility index (Phi) is 5.88. The number of nitrogens with one attached hydrogen (secondary N) is 1. The molecule has 0 unspecified atom stereocenters. The number of hydrogen-bond acceptors (Lipinski definition) is 7. The van der Waals surface area contributed by atoms with E-state index in [0.717, 1.165) is 11.1 Å². The van der Waals surface area contributed by atoms with E-state index < -0.39 is 23.4 Å². The van der Waals surface area contributed by atoms with Crippen LogP contribution in [0.3, 0.4) is 0 Å². The van der Waals surface area contributed by atoms with Crippen LogP contribution >= 0.6 is 0 Å². The number of ether oxygens (including phenoxy) is 3. The molecule has 0 aromatic heterocycles. The fourth-order valence-electron chi connectivity index (χ4n) is 7.51. The molecule has 0 aliphatic carbocycles. The fourth-order valence-corrected chi connectivity index (χ4v) is 7.51. The Morgan fingerprint density at radius 3 is 2.59 bits per heavy atom. The van der Waals surface area contributed by atoms with Gasteiger partial charge in [0.2, 0.25) is 12.7 Å². The summed E-state index contributed by atoms with van der Waals surface area (Å²) in [6.45, 7) is 2.28. The number of fused-ring (bicyclic) bond motifs is 7. The number of amides is 1. The van der Waals surface area contributed by atoms with Gasteiger partial charge in [-0.25, -0.2) is 0 Å². The van der Waals surface area contributed by atoms with Crippen LogP contribution in [-0.2, 0) is 10.2 Å². The summed E-state index contributed by atoms with van der Waals surface area (Å²) in [6.07, 6.45) is 3.81. The lowest BCUT2D eigenvalue weighted by Gasteiger charge is -2.38. The first-order valence-corrected chi connectivity index (χ1v) is 14.7. The van der Waals surface area contributed by atoms with Crippen LogP contribution in [0.2, 0.25) is 0 Å². The monoisotopic (exact) mass is 584 g/mol. The van der Waals surface area contributed by atoms with E-state index in [9.17, 15) is 9.59 Å². The van der Waals surface area contributed by atoms with E-state index in [2.05, 4.69) is 5.32 Å². The van der Waals surface area contributed by atoms with E-state index in [1.165, 1.54) is 0 Å².